The summed E-state index contributed by atoms with van der Waals surface area (Å²) < 4.78 is 40.6. The lowest BCUT2D eigenvalue weighted by Crippen LogP contribution is -2.46. The van der Waals surface area contributed by atoms with Crippen LogP contribution >= 0.6 is 0 Å². The fourth-order valence-corrected chi connectivity index (χ4v) is 3.88. The average molecular weight is 364 g/mol. The third kappa shape index (κ3) is 4.26. The zero-order valence-corrected chi connectivity index (χ0v) is 14.8. The van der Waals surface area contributed by atoms with E-state index < -0.39 is 15.8 Å². The number of nitrogens with zero attached hydrogens (tertiary/aromatic N) is 3. The fourth-order valence-electron chi connectivity index (χ4n) is 2.80. The van der Waals surface area contributed by atoms with Crippen molar-refractivity contribution in [3.05, 3.63) is 48.4 Å². The predicted octanol–water partition coefficient (Wildman–Crippen LogP) is 2.16. The van der Waals surface area contributed by atoms with Gasteiger partial charge in [0.25, 0.3) is 10.0 Å². The van der Waals surface area contributed by atoms with Crippen LogP contribution in [0.5, 0.6) is 0 Å². The summed E-state index contributed by atoms with van der Waals surface area (Å²) in [6.07, 6.45) is 1.57. The topological polar surface area (TPSA) is 65.5 Å². The van der Waals surface area contributed by atoms with Crippen molar-refractivity contribution >= 4 is 21.5 Å². The van der Waals surface area contributed by atoms with Gasteiger partial charge in [-0.15, -0.1) is 0 Å². The first kappa shape index (κ1) is 17.6. The first-order valence-corrected chi connectivity index (χ1v) is 9.68. The van der Waals surface area contributed by atoms with Crippen molar-refractivity contribution in [2.45, 2.75) is 11.8 Å². The van der Waals surface area contributed by atoms with Gasteiger partial charge in [-0.05, 0) is 30.8 Å². The van der Waals surface area contributed by atoms with E-state index in [1.165, 1.54) is 18.2 Å². The minimum atomic E-state index is -3.84. The molecule has 0 saturated carbocycles. The molecule has 0 aliphatic carbocycles. The highest BCUT2D eigenvalue weighted by Gasteiger charge is 2.19. The standard InChI is InChI=1S/C17H21FN4O2S/c1-2-21-8-10-22(11-9-21)17-13-15(6-7-19-17)20-25(23,24)16-5-3-4-14(18)12-16/h3-7,12-13H,2,8-11H2,1H3,(H,19,20). The van der Waals surface area contributed by atoms with E-state index in [0.29, 0.717) is 5.69 Å². The number of hydrogen-bond acceptors (Lipinski definition) is 5. The van der Waals surface area contributed by atoms with Crippen LogP contribution in [-0.2, 0) is 10.0 Å². The molecule has 2 aromatic rings. The molecule has 0 amide bonds. The molecular weight excluding hydrogens is 343 g/mol. The molecule has 1 fully saturated rings. The number of sulfonamides is 1. The maximum Gasteiger partial charge on any atom is 0.261 e. The van der Waals surface area contributed by atoms with E-state index in [9.17, 15) is 12.8 Å². The van der Waals surface area contributed by atoms with Gasteiger partial charge in [-0.25, -0.2) is 17.8 Å². The number of pyridine rings is 1. The summed E-state index contributed by atoms with van der Waals surface area (Å²) in [7, 11) is -3.84. The lowest BCUT2D eigenvalue weighted by Gasteiger charge is -2.34. The first-order chi connectivity index (χ1) is 12.0. The number of aromatic nitrogens is 1. The smallest absolute Gasteiger partial charge is 0.261 e. The van der Waals surface area contributed by atoms with Crippen LogP contribution in [0.1, 0.15) is 6.92 Å². The van der Waals surface area contributed by atoms with Crippen LogP contribution in [-0.4, -0.2) is 51.0 Å². The molecule has 25 heavy (non-hydrogen) atoms. The minimum absolute atomic E-state index is 0.109. The molecule has 1 saturated heterocycles. The summed E-state index contributed by atoms with van der Waals surface area (Å²) in [5.74, 6) is 0.141. The Morgan fingerprint density at radius 2 is 1.92 bits per heavy atom. The molecular formula is C17H21FN4O2S. The van der Waals surface area contributed by atoms with Crippen molar-refractivity contribution in [2.24, 2.45) is 0 Å². The molecule has 0 spiro atoms. The second kappa shape index (κ2) is 7.37. The van der Waals surface area contributed by atoms with Crippen LogP contribution in [0.2, 0.25) is 0 Å². The zero-order chi connectivity index (χ0) is 17.9. The summed E-state index contributed by atoms with van der Waals surface area (Å²) in [6, 6.07) is 8.22. The normalized spacial score (nSPS) is 16.0. The summed E-state index contributed by atoms with van der Waals surface area (Å²) in [5, 5.41) is 0. The average Bonchev–Trinajstić information content (AvgIpc) is 2.62. The lowest BCUT2D eigenvalue weighted by atomic mass is 10.3. The highest BCUT2D eigenvalue weighted by molar-refractivity contribution is 7.92. The number of halogens is 1. The summed E-state index contributed by atoms with van der Waals surface area (Å²) in [6.45, 7) is 6.77. The number of nitrogens with one attached hydrogen (secondary N) is 1. The number of hydrogen-bond donors (Lipinski definition) is 1. The Morgan fingerprint density at radius 1 is 1.16 bits per heavy atom. The molecule has 1 N–H and O–H groups in total. The monoisotopic (exact) mass is 364 g/mol. The van der Waals surface area contributed by atoms with Crippen LogP contribution in [0.3, 0.4) is 0 Å². The summed E-state index contributed by atoms with van der Waals surface area (Å²) in [5.41, 5.74) is 0.409. The Hall–Kier alpha value is -2.19. The molecule has 134 valence electrons. The Kier molecular flexibility index (Phi) is 5.19. The Labute approximate surface area is 147 Å². The number of benzene rings is 1. The molecule has 1 aliphatic heterocycles. The van der Waals surface area contributed by atoms with Crippen molar-refractivity contribution < 1.29 is 12.8 Å². The molecule has 0 radical (unpaired) electrons. The van der Waals surface area contributed by atoms with E-state index in [4.69, 9.17) is 0 Å². The van der Waals surface area contributed by atoms with Crippen LogP contribution in [0.15, 0.2) is 47.5 Å². The van der Waals surface area contributed by atoms with Crippen LogP contribution in [0.4, 0.5) is 15.9 Å². The second-order valence-electron chi connectivity index (χ2n) is 5.89. The van der Waals surface area contributed by atoms with Gasteiger partial charge < -0.3 is 9.80 Å². The van der Waals surface area contributed by atoms with Crippen molar-refractivity contribution in [1.29, 1.82) is 0 Å². The maximum absolute atomic E-state index is 13.3. The molecule has 8 heteroatoms. The van der Waals surface area contributed by atoms with Crippen molar-refractivity contribution in [3.8, 4) is 0 Å². The molecule has 1 aromatic heterocycles. The molecule has 1 aromatic carbocycles. The maximum atomic E-state index is 13.3. The highest BCUT2D eigenvalue weighted by atomic mass is 32.2. The van der Waals surface area contributed by atoms with Gasteiger partial charge in [0.1, 0.15) is 11.6 Å². The molecule has 3 rings (SSSR count). The largest absolute Gasteiger partial charge is 0.354 e. The number of likely N-dealkylation sites (N-methyl/N-ethyl adjacent to an activating group) is 1. The molecule has 0 unspecified atom stereocenters. The van der Waals surface area contributed by atoms with Gasteiger partial charge in [0, 0.05) is 38.4 Å². The number of rotatable bonds is 5. The van der Waals surface area contributed by atoms with Gasteiger partial charge in [0.05, 0.1) is 10.6 Å². The quantitative estimate of drug-likeness (QED) is 0.881. The van der Waals surface area contributed by atoms with E-state index >= 15 is 0 Å². The SMILES string of the molecule is CCN1CCN(c2cc(NS(=O)(=O)c3cccc(F)c3)ccn2)CC1. The van der Waals surface area contributed by atoms with E-state index in [-0.39, 0.29) is 4.90 Å². The van der Waals surface area contributed by atoms with Gasteiger partial charge in [-0.1, -0.05) is 13.0 Å². The summed E-state index contributed by atoms with van der Waals surface area (Å²) >= 11 is 0. The predicted molar refractivity (Wildman–Crippen MR) is 95.8 cm³/mol. The fraction of sp³-hybridized carbons (Fsp3) is 0.353. The van der Waals surface area contributed by atoms with Gasteiger partial charge in [-0.3, -0.25) is 4.72 Å². The number of anilines is 2. The van der Waals surface area contributed by atoms with Crippen LogP contribution in [0.25, 0.3) is 0 Å². The van der Waals surface area contributed by atoms with Crippen molar-refractivity contribution in [2.75, 3.05) is 42.3 Å². The van der Waals surface area contributed by atoms with E-state index in [1.54, 1.807) is 18.3 Å². The van der Waals surface area contributed by atoms with Crippen molar-refractivity contribution in [1.82, 2.24) is 9.88 Å². The molecule has 6 nitrogen and oxygen atoms in total. The lowest BCUT2D eigenvalue weighted by molar-refractivity contribution is 0.270. The number of piperazine rings is 1. The zero-order valence-electron chi connectivity index (χ0n) is 14.0. The Morgan fingerprint density at radius 3 is 2.60 bits per heavy atom. The Balaban J connectivity index is 1.76. The molecule has 0 bridgehead atoms. The highest BCUT2D eigenvalue weighted by Crippen LogP contribution is 2.21. The van der Waals surface area contributed by atoms with Crippen LogP contribution < -0.4 is 9.62 Å². The third-order valence-corrected chi connectivity index (χ3v) is 5.63. The van der Waals surface area contributed by atoms with Crippen molar-refractivity contribution in [3.63, 3.8) is 0 Å². The molecule has 2 heterocycles. The third-order valence-electron chi connectivity index (χ3n) is 4.25. The van der Waals surface area contributed by atoms with Gasteiger partial charge in [0.2, 0.25) is 0 Å². The van der Waals surface area contributed by atoms with Crippen LogP contribution in [0, 0.1) is 5.82 Å². The van der Waals surface area contributed by atoms with Gasteiger partial charge in [-0.2, -0.15) is 0 Å². The van der Waals surface area contributed by atoms with E-state index in [2.05, 4.69) is 26.4 Å². The second-order valence-corrected chi connectivity index (χ2v) is 7.57. The summed E-state index contributed by atoms with van der Waals surface area (Å²) in [4.78, 5) is 8.72. The molecule has 1 aliphatic rings. The van der Waals surface area contributed by atoms with Gasteiger partial charge >= 0.3 is 0 Å². The van der Waals surface area contributed by atoms with Gasteiger partial charge in [0.15, 0.2) is 0 Å². The van der Waals surface area contributed by atoms with E-state index in [1.807, 2.05) is 0 Å². The first-order valence-electron chi connectivity index (χ1n) is 8.19. The Bertz CT molecular complexity index is 836. The molecule has 0 atom stereocenters. The minimum Gasteiger partial charge on any atom is -0.354 e. The van der Waals surface area contributed by atoms with E-state index in [0.717, 1.165) is 44.6 Å².